The topological polar surface area (TPSA) is 70.5 Å². The van der Waals surface area contributed by atoms with Crippen molar-refractivity contribution in [3.05, 3.63) is 58.4 Å². The molecule has 164 valence electrons. The summed E-state index contributed by atoms with van der Waals surface area (Å²) in [6.07, 6.45) is 0.104. The predicted molar refractivity (Wildman–Crippen MR) is 128 cm³/mol. The van der Waals surface area contributed by atoms with Gasteiger partial charge in [-0.1, -0.05) is 24.3 Å². The molecule has 32 heavy (non-hydrogen) atoms. The van der Waals surface area contributed by atoms with Crippen LogP contribution in [0, 0.1) is 18.6 Å². The number of nitrogens with one attached hydrogen (secondary N) is 1. The molecule has 0 saturated carbocycles. The van der Waals surface area contributed by atoms with E-state index in [0.717, 1.165) is 24.0 Å². The van der Waals surface area contributed by atoms with E-state index in [0.29, 0.717) is 18.9 Å². The van der Waals surface area contributed by atoms with E-state index in [2.05, 4.69) is 47.2 Å². The fraction of sp³-hybridized carbons (Fsp3) is 0.333. The quantitative estimate of drug-likeness (QED) is 0.619. The molecule has 3 aromatic rings. The predicted octanol–water partition coefficient (Wildman–Crippen LogP) is 3.56. The second-order valence-corrected chi connectivity index (χ2v) is 8.86. The SMILES string of the molecule is Cc1ccc(C)c(N2CCN(C(=O)C[C@H]3Nc4c5ccccc5nc(=S)n4C3=O)CC2)c1. The molecule has 0 radical (unpaired) electrons. The Morgan fingerprint density at radius 2 is 1.88 bits per heavy atom. The number of hydrogen-bond donors (Lipinski definition) is 1. The van der Waals surface area contributed by atoms with Gasteiger partial charge in [0.2, 0.25) is 10.7 Å². The molecule has 7 nitrogen and oxygen atoms in total. The maximum absolute atomic E-state index is 13.0. The van der Waals surface area contributed by atoms with Crippen molar-refractivity contribution in [1.82, 2.24) is 14.5 Å². The molecule has 1 fully saturated rings. The molecule has 2 aliphatic heterocycles. The molecule has 2 aromatic carbocycles. The number of piperazine rings is 1. The number of aryl methyl sites for hydroxylation is 2. The van der Waals surface area contributed by atoms with Crippen LogP contribution in [0.4, 0.5) is 11.5 Å². The fourth-order valence-corrected chi connectivity index (χ4v) is 4.85. The highest BCUT2D eigenvalue weighted by molar-refractivity contribution is 7.71. The fourth-order valence-electron chi connectivity index (χ4n) is 4.57. The van der Waals surface area contributed by atoms with Gasteiger partial charge in [-0.2, -0.15) is 0 Å². The summed E-state index contributed by atoms with van der Waals surface area (Å²) in [4.78, 5) is 34.6. The summed E-state index contributed by atoms with van der Waals surface area (Å²) in [5, 5.41) is 4.06. The molecule has 0 bridgehead atoms. The summed E-state index contributed by atoms with van der Waals surface area (Å²) < 4.78 is 1.64. The van der Waals surface area contributed by atoms with Gasteiger partial charge in [0.1, 0.15) is 11.9 Å². The van der Waals surface area contributed by atoms with E-state index >= 15 is 0 Å². The molecule has 2 aliphatic rings. The maximum atomic E-state index is 13.0. The molecule has 0 spiro atoms. The van der Waals surface area contributed by atoms with Crippen LogP contribution in [0.15, 0.2) is 42.5 Å². The van der Waals surface area contributed by atoms with Crippen molar-refractivity contribution in [1.29, 1.82) is 0 Å². The molecule has 1 atom stereocenters. The van der Waals surface area contributed by atoms with Gasteiger partial charge in [-0.3, -0.25) is 9.59 Å². The minimum Gasteiger partial charge on any atom is -0.368 e. The molecule has 1 saturated heterocycles. The number of carbonyl (C=O) groups excluding carboxylic acids is 2. The Balaban J connectivity index is 1.27. The standard InChI is InChI=1S/C24H25N5O2S/c1-15-7-8-16(2)20(13-15)27-9-11-28(12-10-27)21(30)14-19-23(31)29-22(25-19)17-5-3-4-6-18(17)26-24(29)32/h3-8,13,19,25H,9-12,14H2,1-2H3/t19-/m1/s1. The number of para-hydroxylation sites is 1. The van der Waals surface area contributed by atoms with Crippen LogP contribution in [0.1, 0.15) is 22.3 Å². The highest BCUT2D eigenvalue weighted by Gasteiger charge is 2.35. The van der Waals surface area contributed by atoms with Gasteiger partial charge in [0, 0.05) is 37.3 Å². The van der Waals surface area contributed by atoms with E-state index in [1.165, 1.54) is 21.4 Å². The number of anilines is 2. The van der Waals surface area contributed by atoms with Crippen molar-refractivity contribution >= 4 is 46.4 Å². The van der Waals surface area contributed by atoms with E-state index in [-0.39, 0.29) is 23.0 Å². The van der Waals surface area contributed by atoms with Crippen molar-refractivity contribution in [3.63, 3.8) is 0 Å². The lowest BCUT2D eigenvalue weighted by atomic mass is 10.1. The Kier molecular flexibility index (Phi) is 5.17. The largest absolute Gasteiger partial charge is 0.368 e. The number of hydrogen-bond acceptors (Lipinski definition) is 6. The number of benzene rings is 2. The first-order valence-corrected chi connectivity index (χ1v) is 11.3. The van der Waals surface area contributed by atoms with Gasteiger partial charge in [0.25, 0.3) is 5.91 Å². The molecule has 8 heteroatoms. The molecular weight excluding hydrogens is 422 g/mol. The van der Waals surface area contributed by atoms with E-state index in [9.17, 15) is 9.59 Å². The molecule has 5 rings (SSSR count). The van der Waals surface area contributed by atoms with Crippen LogP contribution in [0.5, 0.6) is 0 Å². The first-order chi connectivity index (χ1) is 15.4. The van der Waals surface area contributed by atoms with Crippen molar-refractivity contribution in [2.75, 3.05) is 36.4 Å². The summed E-state index contributed by atoms with van der Waals surface area (Å²) in [5.74, 6) is 0.391. The van der Waals surface area contributed by atoms with Crippen LogP contribution >= 0.6 is 12.2 Å². The van der Waals surface area contributed by atoms with Crippen molar-refractivity contribution in [2.24, 2.45) is 0 Å². The molecule has 0 aliphatic carbocycles. The Hall–Kier alpha value is -3.26. The highest BCUT2D eigenvalue weighted by Crippen LogP contribution is 2.29. The van der Waals surface area contributed by atoms with Crippen LogP contribution in [0.25, 0.3) is 10.9 Å². The van der Waals surface area contributed by atoms with Crippen LogP contribution in [0.3, 0.4) is 0 Å². The zero-order valence-electron chi connectivity index (χ0n) is 18.2. The normalized spacial score (nSPS) is 18.1. The van der Waals surface area contributed by atoms with Crippen LogP contribution in [0.2, 0.25) is 0 Å². The summed E-state index contributed by atoms with van der Waals surface area (Å²) in [5.41, 5.74) is 4.44. The minimum atomic E-state index is -0.631. The Morgan fingerprint density at radius 3 is 2.66 bits per heavy atom. The Labute approximate surface area is 191 Å². The smallest absolute Gasteiger partial charge is 0.257 e. The highest BCUT2D eigenvalue weighted by atomic mass is 32.1. The Bertz CT molecular complexity index is 1290. The number of fused-ring (bicyclic) bond motifs is 3. The zero-order valence-corrected chi connectivity index (χ0v) is 19.0. The van der Waals surface area contributed by atoms with E-state index < -0.39 is 6.04 Å². The zero-order chi connectivity index (χ0) is 22.4. The summed E-state index contributed by atoms with van der Waals surface area (Å²) in [6.45, 7) is 7.06. The summed E-state index contributed by atoms with van der Waals surface area (Å²) >= 11 is 5.34. The second-order valence-electron chi connectivity index (χ2n) is 8.49. The van der Waals surface area contributed by atoms with E-state index in [1.807, 2.05) is 29.2 Å². The Morgan fingerprint density at radius 1 is 1.12 bits per heavy atom. The first kappa shape index (κ1) is 20.6. The van der Waals surface area contributed by atoms with Gasteiger partial charge in [-0.25, -0.2) is 9.55 Å². The third-order valence-corrected chi connectivity index (χ3v) is 6.61. The molecule has 3 heterocycles. The van der Waals surface area contributed by atoms with Crippen molar-refractivity contribution < 1.29 is 9.59 Å². The second kappa shape index (κ2) is 8.02. The molecule has 1 N–H and O–H groups in total. The third-order valence-electron chi connectivity index (χ3n) is 6.34. The van der Waals surface area contributed by atoms with E-state index in [1.54, 1.807) is 0 Å². The van der Waals surface area contributed by atoms with Crippen molar-refractivity contribution in [3.8, 4) is 0 Å². The average molecular weight is 448 g/mol. The lowest BCUT2D eigenvalue weighted by molar-refractivity contribution is -0.131. The number of nitrogens with zero attached hydrogens (tertiary/aromatic N) is 4. The van der Waals surface area contributed by atoms with Gasteiger partial charge in [0.15, 0.2) is 0 Å². The van der Waals surface area contributed by atoms with Crippen molar-refractivity contribution in [2.45, 2.75) is 26.3 Å². The van der Waals surface area contributed by atoms with Gasteiger partial charge >= 0.3 is 0 Å². The van der Waals surface area contributed by atoms with Crippen LogP contribution in [-0.4, -0.2) is 58.5 Å². The molecule has 0 unspecified atom stereocenters. The van der Waals surface area contributed by atoms with Gasteiger partial charge < -0.3 is 15.1 Å². The monoisotopic (exact) mass is 447 g/mol. The average Bonchev–Trinajstić information content (AvgIpc) is 3.12. The van der Waals surface area contributed by atoms with Gasteiger partial charge in [-0.05, 0) is 55.4 Å². The number of carbonyl (C=O) groups is 2. The summed E-state index contributed by atoms with van der Waals surface area (Å²) in [6, 6.07) is 13.4. The summed E-state index contributed by atoms with van der Waals surface area (Å²) in [7, 11) is 0. The van der Waals surface area contributed by atoms with E-state index in [4.69, 9.17) is 12.2 Å². The number of aromatic nitrogens is 2. The molecule has 1 amide bonds. The van der Waals surface area contributed by atoms with Crippen LogP contribution < -0.4 is 10.2 Å². The maximum Gasteiger partial charge on any atom is 0.257 e. The number of amides is 1. The van der Waals surface area contributed by atoms with Gasteiger partial charge in [0.05, 0.1) is 11.9 Å². The molecule has 1 aromatic heterocycles. The molecular formula is C24H25N5O2S. The van der Waals surface area contributed by atoms with Crippen LogP contribution in [-0.2, 0) is 4.79 Å². The minimum absolute atomic E-state index is 0.0203. The lowest BCUT2D eigenvalue weighted by Gasteiger charge is -2.37. The lowest BCUT2D eigenvalue weighted by Crippen LogP contribution is -2.50. The van der Waals surface area contributed by atoms with Gasteiger partial charge in [-0.15, -0.1) is 0 Å². The third kappa shape index (κ3) is 3.54. The first-order valence-electron chi connectivity index (χ1n) is 10.8. The number of rotatable bonds is 3.